The molecule has 1 unspecified atom stereocenters. The lowest BCUT2D eigenvalue weighted by Gasteiger charge is -2.37. The molecular weight excluding hydrogens is 302 g/mol. The lowest BCUT2D eigenvalue weighted by atomic mass is 10.0. The molecular formula is C15H23N3O3S. The van der Waals surface area contributed by atoms with E-state index in [9.17, 15) is 13.2 Å². The largest absolute Gasteiger partial charge is 0.368 e. The third kappa shape index (κ3) is 3.85. The van der Waals surface area contributed by atoms with Crippen LogP contribution in [0, 0.1) is 0 Å². The van der Waals surface area contributed by atoms with Crippen molar-refractivity contribution in [2.45, 2.75) is 19.4 Å². The van der Waals surface area contributed by atoms with E-state index in [1.54, 1.807) is 0 Å². The quantitative estimate of drug-likeness (QED) is 0.829. The van der Waals surface area contributed by atoms with Crippen LogP contribution in [-0.4, -0.2) is 55.5 Å². The molecule has 1 aliphatic rings. The molecule has 1 aliphatic heterocycles. The van der Waals surface area contributed by atoms with Crippen molar-refractivity contribution < 1.29 is 13.2 Å². The number of rotatable bonds is 6. The van der Waals surface area contributed by atoms with Gasteiger partial charge in [0.1, 0.15) is 6.04 Å². The topological polar surface area (TPSA) is 83.7 Å². The van der Waals surface area contributed by atoms with E-state index >= 15 is 0 Å². The van der Waals surface area contributed by atoms with Gasteiger partial charge in [-0.25, -0.2) is 8.42 Å². The number of nitrogens with zero attached hydrogens (tertiary/aromatic N) is 2. The summed E-state index contributed by atoms with van der Waals surface area (Å²) in [5.41, 5.74) is 6.40. The van der Waals surface area contributed by atoms with Crippen LogP contribution in [0.25, 0.3) is 0 Å². The van der Waals surface area contributed by atoms with E-state index in [1.165, 1.54) is 4.31 Å². The Morgan fingerprint density at radius 3 is 2.27 bits per heavy atom. The van der Waals surface area contributed by atoms with Crippen molar-refractivity contribution in [1.82, 2.24) is 9.21 Å². The van der Waals surface area contributed by atoms with Crippen molar-refractivity contribution in [2.24, 2.45) is 5.73 Å². The molecule has 2 rings (SSSR count). The van der Waals surface area contributed by atoms with Gasteiger partial charge < -0.3 is 5.73 Å². The maximum absolute atomic E-state index is 12.1. The monoisotopic (exact) mass is 325 g/mol. The third-order valence-electron chi connectivity index (χ3n) is 3.88. The molecule has 0 aromatic heterocycles. The van der Waals surface area contributed by atoms with Gasteiger partial charge in [0.15, 0.2) is 0 Å². The summed E-state index contributed by atoms with van der Waals surface area (Å²) in [4.78, 5) is 13.8. The molecule has 22 heavy (non-hydrogen) atoms. The third-order valence-corrected chi connectivity index (χ3v) is 5.95. The second-order valence-corrected chi connectivity index (χ2v) is 7.56. The molecule has 1 heterocycles. The Kier molecular flexibility index (Phi) is 5.55. The molecule has 6 nitrogen and oxygen atoms in total. The molecule has 0 radical (unpaired) electrons. The Labute approximate surface area is 131 Å². The normalized spacial score (nSPS) is 19.0. The molecule has 1 aromatic carbocycles. The lowest BCUT2D eigenvalue weighted by Crippen LogP contribution is -2.52. The van der Waals surface area contributed by atoms with Crippen molar-refractivity contribution in [3.63, 3.8) is 0 Å². The van der Waals surface area contributed by atoms with Gasteiger partial charge in [-0.3, -0.25) is 9.69 Å². The number of benzene rings is 1. The number of hydrogen-bond donors (Lipinski definition) is 1. The predicted octanol–water partition coefficient (Wildman–Crippen LogP) is 0.570. The maximum Gasteiger partial charge on any atom is 0.239 e. The highest BCUT2D eigenvalue weighted by atomic mass is 32.2. The number of amides is 1. The van der Waals surface area contributed by atoms with Gasteiger partial charge >= 0.3 is 0 Å². The smallest absolute Gasteiger partial charge is 0.239 e. The maximum atomic E-state index is 12.1. The highest BCUT2D eigenvalue weighted by Crippen LogP contribution is 2.22. The summed E-state index contributed by atoms with van der Waals surface area (Å²) >= 11 is 0. The molecule has 0 aliphatic carbocycles. The summed E-state index contributed by atoms with van der Waals surface area (Å²) in [5.74, 6) is -0.235. The Bertz CT molecular complexity index is 596. The minimum absolute atomic E-state index is 0.172. The average Bonchev–Trinajstić information content (AvgIpc) is 2.49. The first kappa shape index (κ1) is 16.9. The van der Waals surface area contributed by atoms with Crippen LogP contribution in [0.2, 0.25) is 0 Å². The van der Waals surface area contributed by atoms with Crippen molar-refractivity contribution in [3.8, 4) is 0 Å². The summed E-state index contributed by atoms with van der Waals surface area (Å²) in [5, 5.41) is 0. The molecule has 2 N–H and O–H groups in total. The second kappa shape index (κ2) is 7.21. The molecule has 0 saturated carbocycles. The fourth-order valence-corrected chi connectivity index (χ4v) is 4.31. The molecule has 0 spiro atoms. The summed E-state index contributed by atoms with van der Waals surface area (Å²) in [6.07, 6.45) is 0.608. The van der Waals surface area contributed by atoms with Crippen molar-refractivity contribution >= 4 is 15.9 Å². The number of sulfonamides is 1. The Hall–Kier alpha value is -1.44. The summed E-state index contributed by atoms with van der Waals surface area (Å²) in [6.45, 7) is 3.67. The van der Waals surface area contributed by atoms with E-state index in [1.807, 2.05) is 42.2 Å². The first-order valence-electron chi connectivity index (χ1n) is 7.52. The van der Waals surface area contributed by atoms with E-state index < -0.39 is 22.0 Å². The zero-order chi connectivity index (χ0) is 16.2. The second-order valence-electron chi connectivity index (χ2n) is 5.47. The van der Waals surface area contributed by atoms with Gasteiger partial charge in [-0.05, 0) is 12.0 Å². The molecule has 7 heteroatoms. The standard InChI is InChI=1S/C15H23N3O3S/c1-2-12-22(20,21)18-10-8-17(9-11-18)14(15(16)19)13-6-4-3-5-7-13/h3-7,14H,2,8-12H2,1H3,(H2,16,19). The van der Waals surface area contributed by atoms with Crippen LogP contribution in [0.5, 0.6) is 0 Å². The van der Waals surface area contributed by atoms with E-state index in [0.717, 1.165) is 5.56 Å². The SMILES string of the molecule is CCCS(=O)(=O)N1CCN(C(C(N)=O)c2ccccc2)CC1. The number of primary amides is 1. The molecule has 1 amide bonds. The minimum Gasteiger partial charge on any atom is -0.368 e. The van der Waals surface area contributed by atoms with Crippen LogP contribution < -0.4 is 5.73 Å². The summed E-state index contributed by atoms with van der Waals surface area (Å²) in [6, 6.07) is 8.86. The van der Waals surface area contributed by atoms with Gasteiger partial charge in [-0.2, -0.15) is 4.31 Å². The van der Waals surface area contributed by atoms with Crippen LogP contribution in [0.15, 0.2) is 30.3 Å². The van der Waals surface area contributed by atoms with Crippen molar-refractivity contribution in [1.29, 1.82) is 0 Å². The molecule has 0 bridgehead atoms. The Morgan fingerprint density at radius 2 is 1.77 bits per heavy atom. The number of piperazine rings is 1. The van der Waals surface area contributed by atoms with Gasteiger partial charge in [-0.15, -0.1) is 0 Å². The highest BCUT2D eigenvalue weighted by molar-refractivity contribution is 7.89. The molecule has 1 fully saturated rings. The number of carbonyl (C=O) groups excluding carboxylic acids is 1. The number of carbonyl (C=O) groups is 1. The van der Waals surface area contributed by atoms with Crippen molar-refractivity contribution in [3.05, 3.63) is 35.9 Å². The van der Waals surface area contributed by atoms with Gasteiger partial charge in [-0.1, -0.05) is 37.3 Å². The molecule has 1 aromatic rings. The van der Waals surface area contributed by atoms with Gasteiger partial charge in [0.2, 0.25) is 15.9 Å². The first-order chi connectivity index (χ1) is 10.5. The van der Waals surface area contributed by atoms with Gasteiger partial charge in [0, 0.05) is 26.2 Å². The summed E-state index contributed by atoms with van der Waals surface area (Å²) < 4.78 is 25.7. The molecule has 122 valence electrons. The predicted molar refractivity (Wildman–Crippen MR) is 85.6 cm³/mol. The lowest BCUT2D eigenvalue weighted by molar-refractivity contribution is -0.124. The van der Waals surface area contributed by atoms with Crippen LogP contribution in [0.4, 0.5) is 0 Å². The number of hydrogen-bond acceptors (Lipinski definition) is 4. The first-order valence-corrected chi connectivity index (χ1v) is 9.12. The number of nitrogens with two attached hydrogens (primary N) is 1. The summed E-state index contributed by atoms with van der Waals surface area (Å²) in [7, 11) is -3.18. The minimum atomic E-state index is -3.18. The van der Waals surface area contributed by atoms with E-state index in [4.69, 9.17) is 5.73 Å². The zero-order valence-corrected chi connectivity index (χ0v) is 13.6. The van der Waals surface area contributed by atoms with E-state index in [0.29, 0.717) is 32.6 Å². The van der Waals surface area contributed by atoms with E-state index in [-0.39, 0.29) is 5.75 Å². The highest BCUT2D eigenvalue weighted by Gasteiger charge is 2.32. The Balaban J connectivity index is 2.08. The van der Waals surface area contributed by atoms with Crippen LogP contribution in [-0.2, 0) is 14.8 Å². The fourth-order valence-electron chi connectivity index (χ4n) is 2.82. The fraction of sp³-hybridized carbons (Fsp3) is 0.533. The van der Waals surface area contributed by atoms with Crippen LogP contribution in [0.3, 0.4) is 0 Å². The molecule has 1 saturated heterocycles. The van der Waals surface area contributed by atoms with Crippen LogP contribution >= 0.6 is 0 Å². The average molecular weight is 325 g/mol. The molecule has 1 atom stereocenters. The van der Waals surface area contributed by atoms with E-state index in [2.05, 4.69) is 0 Å². The zero-order valence-electron chi connectivity index (χ0n) is 12.8. The van der Waals surface area contributed by atoms with Gasteiger partial charge in [0.25, 0.3) is 0 Å². The Morgan fingerprint density at radius 1 is 1.18 bits per heavy atom. The van der Waals surface area contributed by atoms with Gasteiger partial charge in [0.05, 0.1) is 5.75 Å². The van der Waals surface area contributed by atoms with Crippen LogP contribution in [0.1, 0.15) is 24.9 Å². The van der Waals surface area contributed by atoms with Crippen molar-refractivity contribution in [2.75, 3.05) is 31.9 Å².